The second kappa shape index (κ2) is 5.02. The van der Waals surface area contributed by atoms with E-state index in [0.29, 0.717) is 5.56 Å². The number of hydrogen-bond acceptors (Lipinski definition) is 2. The number of carbonyl (C=O) groups excluding carboxylic acids is 2. The number of rotatable bonds is 4. The Morgan fingerprint density at radius 2 is 2.00 bits per heavy atom. The van der Waals surface area contributed by atoms with Crippen LogP contribution in [0.4, 0.5) is 4.39 Å². The van der Waals surface area contributed by atoms with Crippen molar-refractivity contribution in [1.82, 2.24) is 0 Å². The van der Waals surface area contributed by atoms with Gasteiger partial charge >= 0.3 is 5.97 Å². The second-order valence-electron chi connectivity index (χ2n) is 2.98. The van der Waals surface area contributed by atoms with Crippen LogP contribution < -0.4 is 0 Å². The highest BCUT2D eigenvalue weighted by Crippen LogP contribution is 2.18. The van der Waals surface area contributed by atoms with Crippen LogP contribution in [0, 0.1) is 5.82 Å². The summed E-state index contributed by atoms with van der Waals surface area (Å²) in [5.41, 5.74) is 0.338. The summed E-state index contributed by atoms with van der Waals surface area (Å²) in [6, 6.07) is 3.91. The van der Waals surface area contributed by atoms with Crippen LogP contribution in [0.2, 0.25) is 0 Å². The molecule has 15 heavy (non-hydrogen) atoms. The Balaban J connectivity index is 2.74. The summed E-state index contributed by atoms with van der Waals surface area (Å²) >= 11 is 2.96. The van der Waals surface area contributed by atoms with Crippen molar-refractivity contribution in [2.75, 3.05) is 0 Å². The van der Waals surface area contributed by atoms with Crippen LogP contribution in [-0.4, -0.2) is 16.9 Å². The van der Waals surface area contributed by atoms with Crippen molar-refractivity contribution in [3.05, 3.63) is 34.1 Å². The maximum atomic E-state index is 12.8. The summed E-state index contributed by atoms with van der Waals surface area (Å²) in [4.78, 5) is 21.8. The molecule has 2 N–H and O–H groups in total. The average Bonchev–Trinajstić information content (AvgIpc) is 2.18. The Hall–Kier alpha value is -1.23. The van der Waals surface area contributed by atoms with E-state index in [1.165, 1.54) is 18.2 Å². The first-order chi connectivity index (χ1) is 7.00. The van der Waals surface area contributed by atoms with Crippen LogP contribution in [0.1, 0.15) is 23.2 Å². The van der Waals surface area contributed by atoms with Gasteiger partial charge in [0.15, 0.2) is 5.78 Å². The van der Waals surface area contributed by atoms with Crippen LogP contribution in [0.3, 0.4) is 0 Å². The smallest absolute Gasteiger partial charge is 0.516 e. The molecule has 0 saturated carbocycles. The van der Waals surface area contributed by atoms with E-state index in [4.69, 9.17) is 5.11 Å². The molecule has 5 heteroatoms. The van der Waals surface area contributed by atoms with Crippen molar-refractivity contribution >= 4 is 27.7 Å². The molecule has 0 amide bonds. The van der Waals surface area contributed by atoms with Gasteiger partial charge in [0.25, 0.3) is 0 Å². The molecule has 80 valence electrons. The highest BCUT2D eigenvalue weighted by molar-refractivity contribution is 9.10. The molecule has 0 radical (unpaired) electrons. The molecule has 0 saturated heterocycles. The van der Waals surface area contributed by atoms with E-state index in [2.05, 4.69) is 15.9 Å². The Labute approximate surface area is 94.0 Å². The van der Waals surface area contributed by atoms with Crippen molar-refractivity contribution in [3.8, 4) is 0 Å². The number of benzene rings is 1. The van der Waals surface area contributed by atoms with Gasteiger partial charge in [0.2, 0.25) is 0 Å². The molecule has 0 heterocycles. The third-order valence-corrected chi connectivity index (χ3v) is 2.43. The van der Waals surface area contributed by atoms with E-state index >= 15 is 0 Å². The summed E-state index contributed by atoms with van der Waals surface area (Å²) in [7, 11) is 0. The minimum absolute atomic E-state index is 0.0135. The van der Waals surface area contributed by atoms with Crippen LogP contribution >= 0.6 is 15.9 Å². The van der Waals surface area contributed by atoms with Crippen molar-refractivity contribution in [2.45, 2.75) is 12.8 Å². The lowest BCUT2D eigenvalue weighted by Gasteiger charge is -1.99. The quantitative estimate of drug-likeness (QED) is 0.622. The van der Waals surface area contributed by atoms with Crippen LogP contribution in [0.5, 0.6) is 0 Å². The number of halogens is 2. The number of ketones is 1. The molecule has 0 unspecified atom stereocenters. The van der Waals surface area contributed by atoms with E-state index in [1.807, 2.05) is 0 Å². The summed E-state index contributed by atoms with van der Waals surface area (Å²) < 4.78 is 13.0. The molecule has 0 spiro atoms. The fraction of sp³-hybridized carbons (Fsp3) is 0.200. The van der Waals surface area contributed by atoms with Gasteiger partial charge in [-0.05, 0) is 34.1 Å². The SMILES string of the molecule is O=C([OH2+])CCC(=O)c1ccc(F)c(Br)c1. The minimum atomic E-state index is -0.774. The normalized spacial score (nSPS) is 10.0. The highest BCUT2D eigenvalue weighted by Gasteiger charge is 2.13. The van der Waals surface area contributed by atoms with E-state index in [9.17, 15) is 14.0 Å². The monoisotopic (exact) mass is 275 g/mol. The van der Waals surface area contributed by atoms with E-state index in [0.717, 1.165) is 0 Å². The predicted molar refractivity (Wildman–Crippen MR) is 56.3 cm³/mol. The molecule has 0 aliphatic rings. The molecule has 0 aliphatic carbocycles. The molecule has 1 aromatic rings. The Bertz CT molecular complexity index is 404. The number of Topliss-reactive ketones (excluding diaryl/α,β-unsaturated/α-hetero) is 1. The highest BCUT2D eigenvalue weighted by atomic mass is 79.9. The van der Waals surface area contributed by atoms with Gasteiger partial charge in [0, 0.05) is 16.8 Å². The van der Waals surface area contributed by atoms with Crippen molar-refractivity contribution < 1.29 is 19.1 Å². The molecular weight excluding hydrogens is 267 g/mol. The lowest BCUT2D eigenvalue weighted by molar-refractivity contribution is -0.136. The third kappa shape index (κ3) is 3.43. The van der Waals surface area contributed by atoms with E-state index in [-0.39, 0.29) is 23.1 Å². The van der Waals surface area contributed by atoms with Gasteiger partial charge in [-0.3, -0.25) is 4.79 Å². The van der Waals surface area contributed by atoms with Crippen LogP contribution in [-0.2, 0) is 4.79 Å². The fourth-order valence-corrected chi connectivity index (χ4v) is 1.42. The Morgan fingerprint density at radius 3 is 2.53 bits per heavy atom. The van der Waals surface area contributed by atoms with Gasteiger partial charge in [0.1, 0.15) is 12.2 Å². The summed E-state index contributed by atoms with van der Waals surface area (Å²) in [5.74, 6) is -1.48. The van der Waals surface area contributed by atoms with Gasteiger partial charge in [-0.25, -0.2) is 4.39 Å². The predicted octanol–water partition coefficient (Wildman–Crippen LogP) is 1.80. The standard InChI is InChI=1S/C10H8BrFO3/c11-7-5-6(1-2-8(7)12)9(13)3-4-10(14)15/h1-2,5H,3-4H2,(H,14,15)/p+1. The largest absolute Gasteiger partial charge is 0.565 e. The van der Waals surface area contributed by atoms with Gasteiger partial charge < -0.3 is 5.11 Å². The maximum absolute atomic E-state index is 12.8. The van der Waals surface area contributed by atoms with Gasteiger partial charge in [-0.2, -0.15) is 0 Å². The maximum Gasteiger partial charge on any atom is 0.516 e. The van der Waals surface area contributed by atoms with E-state index < -0.39 is 11.8 Å². The minimum Gasteiger partial charge on any atom is -0.565 e. The van der Waals surface area contributed by atoms with Crippen molar-refractivity contribution in [3.63, 3.8) is 0 Å². The Morgan fingerprint density at radius 1 is 1.33 bits per heavy atom. The molecule has 0 bridgehead atoms. The summed E-state index contributed by atoms with van der Waals surface area (Å²) in [6.45, 7) is 0. The van der Waals surface area contributed by atoms with Gasteiger partial charge in [0.05, 0.1) is 4.47 Å². The lowest BCUT2D eigenvalue weighted by Crippen LogP contribution is -2.03. The molecule has 1 aromatic carbocycles. The van der Waals surface area contributed by atoms with Gasteiger partial charge in [-0.15, -0.1) is 0 Å². The third-order valence-electron chi connectivity index (χ3n) is 1.82. The molecule has 0 aliphatic heterocycles. The van der Waals surface area contributed by atoms with Crippen molar-refractivity contribution in [1.29, 1.82) is 0 Å². The zero-order valence-corrected chi connectivity index (χ0v) is 9.30. The van der Waals surface area contributed by atoms with Crippen LogP contribution in [0.15, 0.2) is 22.7 Å². The first-order valence-corrected chi connectivity index (χ1v) is 5.02. The Kier molecular flexibility index (Phi) is 3.96. The zero-order chi connectivity index (χ0) is 11.4. The molecular formula is C10H9BrFO3+. The molecule has 0 atom stereocenters. The van der Waals surface area contributed by atoms with Crippen LogP contribution in [0.25, 0.3) is 0 Å². The number of carbonyl (C=O) groups is 2. The first kappa shape index (κ1) is 11.8. The molecule has 3 nitrogen and oxygen atoms in total. The fourth-order valence-electron chi connectivity index (χ4n) is 1.04. The molecule has 0 fully saturated rings. The summed E-state index contributed by atoms with van der Waals surface area (Å²) in [5, 5.41) is 6.65. The summed E-state index contributed by atoms with van der Waals surface area (Å²) in [6.07, 6.45) is -0.117. The first-order valence-electron chi connectivity index (χ1n) is 4.23. The second-order valence-corrected chi connectivity index (χ2v) is 3.83. The molecule has 0 aromatic heterocycles. The van der Waals surface area contributed by atoms with Crippen molar-refractivity contribution in [2.24, 2.45) is 0 Å². The zero-order valence-electron chi connectivity index (χ0n) is 7.72. The topological polar surface area (TPSA) is 57.0 Å². The molecule has 1 rings (SSSR count). The number of hydrogen-bond donors (Lipinski definition) is 0. The lowest BCUT2D eigenvalue weighted by atomic mass is 10.1. The van der Waals surface area contributed by atoms with E-state index in [1.54, 1.807) is 0 Å². The average molecular weight is 276 g/mol. The van der Waals surface area contributed by atoms with Gasteiger partial charge in [-0.1, -0.05) is 0 Å².